The van der Waals surface area contributed by atoms with Crippen LogP contribution in [0.5, 0.6) is 0 Å². The van der Waals surface area contributed by atoms with Crippen LogP contribution in [0.4, 0.5) is 0 Å². The second-order valence-electron chi connectivity index (χ2n) is 5.44. The summed E-state index contributed by atoms with van der Waals surface area (Å²) in [5, 5.41) is 1.85. The van der Waals surface area contributed by atoms with E-state index in [0.717, 1.165) is 18.2 Å². The highest BCUT2D eigenvalue weighted by molar-refractivity contribution is 5.01. The van der Waals surface area contributed by atoms with E-state index in [-0.39, 0.29) is 0 Å². The molecule has 3 aliphatic rings. The van der Waals surface area contributed by atoms with E-state index in [1.165, 1.54) is 25.9 Å². The lowest BCUT2D eigenvalue weighted by Crippen LogP contribution is -2.58. The van der Waals surface area contributed by atoms with E-state index in [2.05, 4.69) is 18.7 Å². The van der Waals surface area contributed by atoms with Crippen LogP contribution in [0.1, 0.15) is 26.7 Å². The molecule has 4 N–H and O–H groups in total. The number of hydrazine groups is 1. The van der Waals surface area contributed by atoms with E-state index >= 15 is 0 Å². The molecule has 0 aromatic heterocycles. The molecular weight excluding hydrogens is 200 g/mol. The van der Waals surface area contributed by atoms with Gasteiger partial charge in [-0.05, 0) is 37.8 Å². The first kappa shape index (κ1) is 11.7. The second-order valence-corrected chi connectivity index (χ2v) is 5.44. The van der Waals surface area contributed by atoms with Gasteiger partial charge in [0, 0.05) is 18.4 Å². The van der Waals surface area contributed by atoms with E-state index in [1.807, 2.05) is 11.2 Å². The molecule has 16 heavy (non-hydrogen) atoms. The van der Waals surface area contributed by atoms with E-state index in [9.17, 15) is 0 Å². The van der Waals surface area contributed by atoms with Crippen molar-refractivity contribution in [1.82, 2.24) is 9.91 Å². The van der Waals surface area contributed by atoms with Gasteiger partial charge in [0.15, 0.2) is 0 Å². The predicted molar refractivity (Wildman–Crippen MR) is 66.1 cm³/mol. The molecule has 3 rings (SSSR count). The molecule has 0 aliphatic carbocycles. The summed E-state index contributed by atoms with van der Waals surface area (Å²) in [4.78, 5) is 2.50. The first-order chi connectivity index (χ1) is 7.58. The molecule has 0 radical (unpaired) electrons. The summed E-state index contributed by atoms with van der Waals surface area (Å²) >= 11 is 0. The quantitative estimate of drug-likeness (QED) is 0.547. The Morgan fingerprint density at radius 1 is 1.38 bits per heavy atom. The number of hydrogen-bond acceptors (Lipinski definition) is 4. The van der Waals surface area contributed by atoms with Crippen molar-refractivity contribution in [2.75, 3.05) is 19.6 Å². The maximum absolute atomic E-state index is 6.12. The highest BCUT2D eigenvalue weighted by Crippen LogP contribution is 2.30. The van der Waals surface area contributed by atoms with Gasteiger partial charge in [-0.25, -0.2) is 5.84 Å². The molecule has 1 unspecified atom stereocenters. The number of fused-ring (bicyclic) bond motifs is 3. The Morgan fingerprint density at radius 3 is 2.44 bits per heavy atom. The molecule has 0 amide bonds. The SMILES string of the molecule is CC(C)/C(N)=C/N(N)C1CN2CCC1CC2. The standard InChI is InChI=1S/C12H24N4/c1-9(2)11(13)7-16(14)12-8-15-5-3-10(12)4-6-15/h7,9-10,12H,3-6,8,13-14H2,1-2H3/b11-7-. The summed E-state index contributed by atoms with van der Waals surface area (Å²) in [6.45, 7) is 7.78. The zero-order chi connectivity index (χ0) is 11.7. The summed E-state index contributed by atoms with van der Waals surface area (Å²) in [6, 6.07) is 0.458. The average Bonchev–Trinajstić information content (AvgIpc) is 2.30. The number of allylic oxidation sites excluding steroid dienone is 1. The Hall–Kier alpha value is -0.740. The lowest BCUT2D eigenvalue weighted by molar-refractivity contribution is 0.0249. The van der Waals surface area contributed by atoms with Gasteiger partial charge in [0.2, 0.25) is 0 Å². The fourth-order valence-electron chi connectivity index (χ4n) is 2.69. The molecule has 0 spiro atoms. The largest absolute Gasteiger partial charge is 0.401 e. The summed E-state index contributed by atoms with van der Waals surface area (Å²) in [5.41, 5.74) is 6.82. The lowest BCUT2D eigenvalue weighted by Gasteiger charge is -2.47. The smallest absolute Gasteiger partial charge is 0.0602 e. The van der Waals surface area contributed by atoms with Gasteiger partial charge in [0.05, 0.1) is 6.04 Å². The topological polar surface area (TPSA) is 58.5 Å². The van der Waals surface area contributed by atoms with Gasteiger partial charge >= 0.3 is 0 Å². The summed E-state index contributed by atoms with van der Waals surface area (Å²) in [7, 11) is 0. The van der Waals surface area contributed by atoms with Crippen molar-refractivity contribution in [3.05, 3.63) is 11.9 Å². The first-order valence-corrected chi connectivity index (χ1v) is 6.30. The van der Waals surface area contributed by atoms with Crippen LogP contribution in [-0.2, 0) is 0 Å². The normalized spacial score (nSPS) is 34.5. The molecular formula is C12H24N4. The molecule has 1 atom stereocenters. The van der Waals surface area contributed by atoms with Crippen molar-refractivity contribution in [2.45, 2.75) is 32.7 Å². The minimum atomic E-state index is 0.368. The summed E-state index contributed by atoms with van der Waals surface area (Å²) < 4.78 is 0. The van der Waals surface area contributed by atoms with E-state index in [4.69, 9.17) is 11.6 Å². The minimum absolute atomic E-state index is 0.368. The fraction of sp³-hybridized carbons (Fsp3) is 0.833. The molecule has 4 heteroatoms. The number of piperidine rings is 3. The van der Waals surface area contributed by atoms with Crippen molar-refractivity contribution in [3.8, 4) is 0 Å². The summed E-state index contributed by atoms with van der Waals surface area (Å²) in [5.74, 6) is 7.25. The Kier molecular flexibility index (Phi) is 3.40. The maximum atomic E-state index is 6.12. The van der Waals surface area contributed by atoms with Gasteiger partial charge in [-0.1, -0.05) is 13.8 Å². The van der Waals surface area contributed by atoms with Crippen LogP contribution in [0.25, 0.3) is 0 Å². The van der Waals surface area contributed by atoms with Crippen molar-refractivity contribution >= 4 is 0 Å². The molecule has 2 bridgehead atoms. The zero-order valence-electron chi connectivity index (χ0n) is 10.4. The summed E-state index contributed by atoms with van der Waals surface area (Å²) in [6.07, 6.45) is 4.50. The highest BCUT2D eigenvalue weighted by Gasteiger charge is 2.36. The zero-order valence-corrected chi connectivity index (χ0v) is 10.4. The van der Waals surface area contributed by atoms with Crippen molar-refractivity contribution in [1.29, 1.82) is 0 Å². The first-order valence-electron chi connectivity index (χ1n) is 6.30. The van der Waals surface area contributed by atoms with Gasteiger partial charge in [-0.3, -0.25) is 0 Å². The number of nitrogens with two attached hydrogens (primary N) is 2. The van der Waals surface area contributed by atoms with Gasteiger partial charge < -0.3 is 15.6 Å². The van der Waals surface area contributed by atoms with Crippen LogP contribution >= 0.6 is 0 Å². The van der Waals surface area contributed by atoms with Crippen LogP contribution in [0.2, 0.25) is 0 Å². The Bertz CT molecular complexity index is 266. The second kappa shape index (κ2) is 4.63. The number of hydrogen-bond donors (Lipinski definition) is 2. The molecule has 3 saturated heterocycles. The van der Waals surface area contributed by atoms with Crippen molar-refractivity contribution < 1.29 is 0 Å². The molecule has 0 aromatic rings. The Labute approximate surface area is 98.2 Å². The number of nitrogens with zero attached hydrogens (tertiary/aromatic N) is 2. The lowest BCUT2D eigenvalue weighted by atomic mass is 9.84. The van der Waals surface area contributed by atoms with Crippen molar-refractivity contribution in [3.63, 3.8) is 0 Å². The van der Waals surface area contributed by atoms with Crippen LogP contribution in [-0.4, -0.2) is 35.6 Å². The van der Waals surface area contributed by atoms with Crippen LogP contribution in [0.3, 0.4) is 0 Å². The van der Waals surface area contributed by atoms with E-state index in [0.29, 0.717) is 12.0 Å². The van der Waals surface area contributed by atoms with Gasteiger partial charge in [-0.2, -0.15) is 0 Å². The highest BCUT2D eigenvalue weighted by atomic mass is 15.4. The molecule has 3 heterocycles. The van der Waals surface area contributed by atoms with Gasteiger partial charge in [0.1, 0.15) is 0 Å². The predicted octanol–water partition coefficient (Wildman–Crippen LogP) is 0.712. The monoisotopic (exact) mass is 224 g/mol. The third-order valence-electron chi connectivity index (χ3n) is 3.97. The minimum Gasteiger partial charge on any atom is -0.401 e. The molecule has 3 aliphatic heterocycles. The van der Waals surface area contributed by atoms with Crippen molar-refractivity contribution in [2.24, 2.45) is 23.4 Å². The van der Waals surface area contributed by atoms with Crippen LogP contribution < -0.4 is 11.6 Å². The fourth-order valence-corrected chi connectivity index (χ4v) is 2.69. The van der Waals surface area contributed by atoms with Crippen LogP contribution in [0, 0.1) is 11.8 Å². The number of rotatable bonds is 3. The molecule has 0 saturated carbocycles. The Morgan fingerprint density at radius 2 is 2.00 bits per heavy atom. The maximum Gasteiger partial charge on any atom is 0.0602 e. The van der Waals surface area contributed by atoms with Gasteiger partial charge in [-0.15, -0.1) is 0 Å². The van der Waals surface area contributed by atoms with E-state index < -0.39 is 0 Å². The average molecular weight is 224 g/mol. The molecule has 3 fully saturated rings. The van der Waals surface area contributed by atoms with Gasteiger partial charge in [0.25, 0.3) is 0 Å². The van der Waals surface area contributed by atoms with Crippen LogP contribution in [0.15, 0.2) is 11.9 Å². The third kappa shape index (κ3) is 2.33. The molecule has 0 aromatic carbocycles. The third-order valence-corrected chi connectivity index (χ3v) is 3.97. The molecule has 92 valence electrons. The Balaban J connectivity index is 2.00. The molecule has 4 nitrogen and oxygen atoms in total. The van der Waals surface area contributed by atoms with E-state index in [1.54, 1.807) is 0 Å².